The number of benzene rings is 2. The average Bonchev–Trinajstić information content (AvgIpc) is 2.40. The molecule has 0 bridgehead atoms. The maximum Gasteiger partial charge on any atom is 0.130 e. The van der Waals surface area contributed by atoms with E-state index in [0.29, 0.717) is 11.1 Å². The number of aromatic hydroxyl groups is 1. The standard InChI is InChI=1S/C20H26FOP/c1-19(2,3)13-11-14(20(4,5)6)18(22)17(12-13)23-16-10-8-7-9-15(16)21/h7-12,22-23H,1-6H3. The maximum absolute atomic E-state index is 14.0. The highest BCUT2D eigenvalue weighted by atomic mass is 31.1. The molecule has 124 valence electrons. The van der Waals surface area contributed by atoms with Gasteiger partial charge in [-0.05, 0) is 28.5 Å². The number of hydrogen-bond acceptors (Lipinski definition) is 1. The van der Waals surface area contributed by atoms with E-state index in [1.165, 1.54) is 11.6 Å². The van der Waals surface area contributed by atoms with E-state index in [0.717, 1.165) is 10.9 Å². The Bertz CT molecular complexity index is 709. The molecular formula is C20H26FOP. The lowest BCUT2D eigenvalue weighted by Gasteiger charge is -2.27. The first-order valence-electron chi connectivity index (χ1n) is 7.89. The molecule has 2 rings (SSSR count). The van der Waals surface area contributed by atoms with Gasteiger partial charge in [0.1, 0.15) is 11.6 Å². The summed E-state index contributed by atoms with van der Waals surface area (Å²) in [6.07, 6.45) is 0. The summed E-state index contributed by atoms with van der Waals surface area (Å²) in [5, 5.41) is 12.2. The minimum absolute atomic E-state index is 0.0256. The van der Waals surface area contributed by atoms with Gasteiger partial charge in [0.15, 0.2) is 0 Å². The van der Waals surface area contributed by atoms with Crippen LogP contribution >= 0.6 is 8.58 Å². The predicted molar refractivity (Wildman–Crippen MR) is 99.5 cm³/mol. The molecule has 1 N–H and O–H groups in total. The second kappa shape index (κ2) is 6.24. The topological polar surface area (TPSA) is 20.2 Å². The number of rotatable bonds is 2. The Hall–Kier alpha value is -1.40. The minimum Gasteiger partial charge on any atom is -0.507 e. The van der Waals surface area contributed by atoms with Crippen molar-refractivity contribution in [3.8, 4) is 5.75 Å². The van der Waals surface area contributed by atoms with Crippen LogP contribution in [-0.4, -0.2) is 5.11 Å². The van der Waals surface area contributed by atoms with Crippen molar-refractivity contribution in [3.05, 3.63) is 53.3 Å². The third kappa shape index (κ3) is 4.12. The monoisotopic (exact) mass is 332 g/mol. The van der Waals surface area contributed by atoms with Gasteiger partial charge in [-0.2, -0.15) is 0 Å². The second-order valence-electron chi connectivity index (χ2n) is 8.02. The lowest BCUT2D eigenvalue weighted by atomic mass is 9.80. The third-order valence-corrected chi connectivity index (χ3v) is 5.25. The maximum atomic E-state index is 14.0. The van der Waals surface area contributed by atoms with Gasteiger partial charge in [-0.25, -0.2) is 4.39 Å². The molecule has 2 aromatic rings. The van der Waals surface area contributed by atoms with E-state index in [4.69, 9.17) is 0 Å². The van der Waals surface area contributed by atoms with E-state index in [-0.39, 0.29) is 25.2 Å². The smallest absolute Gasteiger partial charge is 0.130 e. The van der Waals surface area contributed by atoms with Gasteiger partial charge in [-0.15, -0.1) is 0 Å². The van der Waals surface area contributed by atoms with Gasteiger partial charge in [-0.3, -0.25) is 0 Å². The third-order valence-electron chi connectivity index (χ3n) is 3.93. The summed E-state index contributed by atoms with van der Waals surface area (Å²) in [5.41, 5.74) is 1.89. The number of hydrogen-bond donors (Lipinski definition) is 1. The molecule has 3 heteroatoms. The van der Waals surface area contributed by atoms with Crippen LogP contribution in [-0.2, 0) is 10.8 Å². The van der Waals surface area contributed by atoms with Gasteiger partial charge >= 0.3 is 0 Å². The van der Waals surface area contributed by atoms with Crippen LogP contribution in [0, 0.1) is 5.82 Å². The van der Waals surface area contributed by atoms with Crippen molar-refractivity contribution in [2.75, 3.05) is 0 Å². The zero-order chi connectivity index (χ0) is 17.4. The fourth-order valence-corrected chi connectivity index (χ4v) is 3.60. The molecule has 0 aliphatic rings. The predicted octanol–water partition coefficient (Wildman–Crippen LogP) is 4.76. The Balaban J connectivity index is 2.60. The fraction of sp³-hybridized carbons (Fsp3) is 0.400. The van der Waals surface area contributed by atoms with Gasteiger partial charge in [0.05, 0.1) is 0 Å². The number of phenols is 1. The molecule has 0 saturated heterocycles. The van der Waals surface area contributed by atoms with Crippen LogP contribution in [0.25, 0.3) is 0 Å². The van der Waals surface area contributed by atoms with E-state index in [1.54, 1.807) is 12.1 Å². The Morgan fingerprint density at radius 3 is 2.00 bits per heavy atom. The first-order chi connectivity index (χ1) is 10.5. The zero-order valence-electron chi connectivity index (χ0n) is 14.8. The summed E-state index contributed by atoms with van der Waals surface area (Å²) in [7, 11) is 0.100. The molecule has 0 spiro atoms. The molecule has 23 heavy (non-hydrogen) atoms. The van der Waals surface area contributed by atoms with Gasteiger partial charge in [0.2, 0.25) is 0 Å². The first-order valence-corrected chi connectivity index (χ1v) is 8.89. The fourth-order valence-electron chi connectivity index (χ4n) is 2.44. The van der Waals surface area contributed by atoms with Crippen molar-refractivity contribution >= 4 is 19.2 Å². The van der Waals surface area contributed by atoms with Crippen molar-refractivity contribution in [1.82, 2.24) is 0 Å². The first kappa shape index (κ1) is 17.9. The van der Waals surface area contributed by atoms with Gasteiger partial charge in [-0.1, -0.05) is 74.4 Å². The SMILES string of the molecule is CC(C)(C)c1cc(Pc2ccccc2F)c(O)c(C(C)(C)C)c1. The Morgan fingerprint density at radius 1 is 0.870 bits per heavy atom. The van der Waals surface area contributed by atoms with Crippen LogP contribution in [0.1, 0.15) is 52.7 Å². The van der Waals surface area contributed by atoms with Gasteiger partial charge in [0.25, 0.3) is 0 Å². The van der Waals surface area contributed by atoms with E-state index < -0.39 is 0 Å². The summed E-state index contributed by atoms with van der Waals surface area (Å²) < 4.78 is 14.0. The molecule has 0 fully saturated rings. The van der Waals surface area contributed by atoms with Crippen LogP contribution in [0.2, 0.25) is 0 Å². The summed E-state index contributed by atoms with van der Waals surface area (Å²) in [6, 6.07) is 10.9. The number of halogens is 1. The van der Waals surface area contributed by atoms with Crippen LogP contribution in [0.15, 0.2) is 36.4 Å². The molecule has 0 amide bonds. The molecule has 1 nitrogen and oxygen atoms in total. The van der Waals surface area contributed by atoms with Crippen molar-refractivity contribution in [3.63, 3.8) is 0 Å². The molecule has 0 aliphatic heterocycles. The zero-order valence-corrected chi connectivity index (χ0v) is 15.8. The van der Waals surface area contributed by atoms with Crippen molar-refractivity contribution in [2.24, 2.45) is 0 Å². The van der Waals surface area contributed by atoms with E-state index in [2.05, 4.69) is 47.6 Å². The lowest BCUT2D eigenvalue weighted by Crippen LogP contribution is -2.21. The van der Waals surface area contributed by atoms with Crippen LogP contribution in [0.4, 0.5) is 4.39 Å². The van der Waals surface area contributed by atoms with Crippen LogP contribution in [0.5, 0.6) is 5.75 Å². The largest absolute Gasteiger partial charge is 0.507 e. The summed E-state index contributed by atoms with van der Waals surface area (Å²) in [5.74, 6) is 0.0794. The molecular weight excluding hydrogens is 306 g/mol. The minimum atomic E-state index is -0.219. The highest BCUT2D eigenvalue weighted by molar-refractivity contribution is 7.55. The van der Waals surface area contributed by atoms with E-state index in [9.17, 15) is 9.50 Å². The van der Waals surface area contributed by atoms with Crippen molar-refractivity contribution < 1.29 is 9.50 Å². The molecule has 0 radical (unpaired) electrons. The molecule has 0 aromatic heterocycles. The van der Waals surface area contributed by atoms with E-state index in [1.807, 2.05) is 12.1 Å². The summed E-state index contributed by atoms with van der Waals surface area (Å²) in [4.78, 5) is 0. The lowest BCUT2D eigenvalue weighted by molar-refractivity contribution is 0.449. The van der Waals surface area contributed by atoms with Crippen LogP contribution < -0.4 is 10.6 Å². The Labute approximate surface area is 140 Å². The molecule has 2 aromatic carbocycles. The van der Waals surface area contributed by atoms with Gasteiger partial charge in [0, 0.05) is 16.2 Å². The second-order valence-corrected chi connectivity index (χ2v) is 9.35. The molecule has 0 aliphatic carbocycles. The van der Waals surface area contributed by atoms with Crippen molar-refractivity contribution in [2.45, 2.75) is 52.4 Å². The summed E-state index contributed by atoms with van der Waals surface area (Å²) >= 11 is 0. The Kier molecular flexibility index (Phi) is 4.87. The molecule has 1 unspecified atom stereocenters. The molecule has 1 atom stereocenters. The highest BCUT2D eigenvalue weighted by Crippen LogP contribution is 2.36. The van der Waals surface area contributed by atoms with Crippen molar-refractivity contribution in [1.29, 1.82) is 0 Å². The van der Waals surface area contributed by atoms with Crippen LogP contribution in [0.3, 0.4) is 0 Å². The molecule has 0 heterocycles. The number of phenolic OH excluding ortho intramolecular Hbond substituents is 1. The normalized spacial score (nSPS) is 13.0. The highest BCUT2D eigenvalue weighted by Gasteiger charge is 2.25. The van der Waals surface area contributed by atoms with Gasteiger partial charge < -0.3 is 5.11 Å². The molecule has 0 saturated carbocycles. The quantitative estimate of drug-likeness (QED) is 0.787. The summed E-state index contributed by atoms with van der Waals surface area (Å²) in [6.45, 7) is 12.7. The van der Waals surface area contributed by atoms with E-state index >= 15 is 0 Å². The Morgan fingerprint density at radius 2 is 1.48 bits per heavy atom. The average molecular weight is 332 g/mol.